The number of hydrogen-bond donors (Lipinski definition) is 1. The first kappa shape index (κ1) is 15.1. The van der Waals surface area contributed by atoms with Crippen LogP contribution >= 0.6 is 15.9 Å². The molecule has 0 unspecified atom stereocenters. The molecule has 2 nitrogen and oxygen atoms in total. The minimum atomic E-state index is 0.837. The van der Waals surface area contributed by atoms with Gasteiger partial charge in [-0.1, -0.05) is 28.1 Å². The Hall–Kier alpha value is -1.32. The fraction of sp³-hybridized carbons (Fsp3) is 0.294. The van der Waals surface area contributed by atoms with Gasteiger partial charge >= 0.3 is 0 Å². The van der Waals surface area contributed by atoms with Crippen molar-refractivity contribution in [3.05, 3.63) is 57.1 Å². The molecule has 0 spiro atoms. The van der Waals surface area contributed by atoms with Crippen molar-refractivity contribution in [3.8, 4) is 11.5 Å². The van der Waals surface area contributed by atoms with Crippen LogP contribution in [-0.2, 0) is 6.54 Å². The Kier molecular flexibility index (Phi) is 4.84. The second kappa shape index (κ2) is 6.42. The first-order valence-corrected chi connectivity index (χ1v) is 7.49. The molecule has 2 aromatic carbocycles. The monoisotopic (exact) mass is 333 g/mol. The zero-order chi connectivity index (χ0) is 14.7. The van der Waals surface area contributed by atoms with Crippen LogP contribution in [0.3, 0.4) is 0 Å². The Morgan fingerprint density at radius 3 is 2.50 bits per heavy atom. The highest BCUT2D eigenvalue weighted by atomic mass is 79.9. The van der Waals surface area contributed by atoms with E-state index < -0.39 is 0 Å². The van der Waals surface area contributed by atoms with Crippen LogP contribution < -0.4 is 10.1 Å². The van der Waals surface area contributed by atoms with Gasteiger partial charge in [0.15, 0.2) is 0 Å². The molecule has 0 aliphatic carbocycles. The summed E-state index contributed by atoms with van der Waals surface area (Å²) in [5, 5.41) is 3.15. The minimum Gasteiger partial charge on any atom is -0.457 e. The fourth-order valence-corrected chi connectivity index (χ4v) is 2.66. The van der Waals surface area contributed by atoms with Gasteiger partial charge in [0.05, 0.1) is 0 Å². The molecule has 0 saturated heterocycles. The molecule has 2 aromatic rings. The summed E-state index contributed by atoms with van der Waals surface area (Å²) in [5.41, 5.74) is 4.88. The Morgan fingerprint density at radius 1 is 1.10 bits per heavy atom. The molecule has 0 heterocycles. The zero-order valence-corrected chi connectivity index (χ0v) is 14.0. The Bertz CT molecular complexity index is 623. The summed E-state index contributed by atoms with van der Waals surface area (Å²) in [4.78, 5) is 0. The molecule has 0 aliphatic heterocycles. The van der Waals surface area contributed by atoms with E-state index >= 15 is 0 Å². The van der Waals surface area contributed by atoms with Gasteiger partial charge in [-0.15, -0.1) is 0 Å². The molecule has 2 rings (SSSR count). The number of nitrogens with one attached hydrogen (secondary N) is 1. The number of benzene rings is 2. The molecule has 3 heteroatoms. The number of halogens is 1. The summed E-state index contributed by atoms with van der Waals surface area (Å²) >= 11 is 3.59. The highest BCUT2D eigenvalue weighted by Crippen LogP contribution is 2.31. The molecule has 0 aliphatic rings. The lowest BCUT2D eigenvalue weighted by Gasteiger charge is -2.13. The smallest absolute Gasteiger partial charge is 0.130 e. The first-order chi connectivity index (χ1) is 9.51. The molecule has 0 atom stereocenters. The zero-order valence-electron chi connectivity index (χ0n) is 12.4. The lowest BCUT2D eigenvalue weighted by molar-refractivity contribution is 0.477. The molecular weight excluding hydrogens is 314 g/mol. The van der Waals surface area contributed by atoms with E-state index in [1.54, 1.807) is 0 Å². The lowest BCUT2D eigenvalue weighted by Crippen LogP contribution is -2.05. The van der Waals surface area contributed by atoms with Gasteiger partial charge in [-0.05, 0) is 68.3 Å². The van der Waals surface area contributed by atoms with E-state index in [-0.39, 0.29) is 0 Å². The highest BCUT2D eigenvalue weighted by molar-refractivity contribution is 9.10. The van der Waals surface area contributed by atoms with Crippen LogP contribution in [-0.4, -0.2) is 7.05 Å². The Morgan fingerprint density at radius 2 is 1.85 bits per heavy atom. The topological polar surface area (TPSA) is 21.3 Å². The van der Waals surface area contributed by atoms with Gasteiger partial charge in [-0.25, -0.2) is 0 Å². The third-order valence-corrected chi connectivity index (χ3v) is 4.12. The van der Waals surface area contributed by atoms with E-state index in [4.69, 9.17) is 4.74 Å². The van der Waals surface area contributed by atoms with Gasteiger partial charge in [0.25, 0.3) is 0 Å². The predicted molar refractivity (Wildman–Crippen MR) is 87.6 cm³/mol. The number of rotatable bonds is 4. The number of aryl methyl sites for hydroxylation is 2. The van der Waals surface area contributed by atoms with Crippen molar-refractivity contribution in [2.75, 3.05) is 7.05 Å². The first-order valence-electron chi connectivity index (χ1n) is 6.70. The molecule has 20 heavy (non-hydrogen) atoms. The molecule has 0 fully saturated rings. The van der Waals surface area contributed by atoms with Gasteiger partial charge < -0.3 is 10.1 Å². The van der Waals surface area contributed by atoms with Gasteiger partial charge in [0, 0.05) is 11.0 Å². The van der Waals surface area contributed by atoms with Gasteiger partial charge in [-0.2, -0.15) is 0 Å². The Balaban J connectivity index is 2.29. The van der Waals surface area contributed by atoms with Crippen molar-refractivity contribution < 1.29 is 4.74 Å². The molecular formula is C17H20BrNO. The van der Waals surface area contributed by atoms with Crippen molar-refractivity contribution in [1.82, 2.24) is 5.32 Å². The second-order valence-electron chi connectivity index (χ2n) is 5.09. The van der Waals surface area contributed by atoms with E-state index in [2.05, 4.69) is 60.2 Å². The van der Waals surface area contributed by atoms with Crippen LogP contribution in [0.4, 0.5) is 0 Å². The summed E-state index contributed by atoms with van der Waals surface area (Å²) in [7, 11) is 1.94. The molecule has 0 bridgehead atoms. The number of ether oxygens (including phenoxy) is 1. The summed E-state index contributed by atoms with van der Waals surface area (Å²) in [5.74, 6) is 1.78. The average molecular weight is 334 g/mol. The number of hydrogen-bond acceptors (Lipinski definition) is 2. The van der Waals surface area contributed by atoms with Crippen LogP contribution in [0.5, 0.6) is 11.5 Å². The SMILES string of the molecule is CNCc1ccc(Oc2cc(C)cc(C)c2C)cc1Br. The molecule has 1 N–H and O–H groups in total. The molecule has 0 radical (unpaired) electrons. The Labute approximate surface area is 129 Å². The van der Waals surface area contributed by atoms with Gasteiger partial charge in [-0.3, -0.25) is 0 Å². The summed E-state index contributed by atoms with van der Waals surface area (Å²) in [6, 6.07) is 10.4. The molecule has 0 aromatic heterocycles. The minimum absolute atomic E-state index is 0.837. The lowest BCUT2D eigenvalue weighted by atomic mass is 10.1. The van der Waals surface area contributed by atoms with Crippen LogP contribution in [0.2, 0.25) is 0 Å². The van der Waals surface area contributed by atoms with Crippen LogP contribution in [0.1, 0.15) is 22.3 Å². The van der Waals surface area contributed by atoms with Crippen LogP contribution in [0.15, 0.2) is 34.8 Å². The largest absolute Gasteiger partial charge is 0.457 e. The maximum atomic E-state index is 6.03. The van der Waals surface area contributed by atoms with E-state index in [0.29, 0.717) is 0 Å². The van der Waals surface area contributed by atoms with E-state index in [9.17, 15) is 0 Å². The van der Waals surface area contributed by atoms with E-state index in [1.165, 1.54) is 22.3 Å². The third-order valence-electron chi connectivity index (χ3n) is 3.38. The van der Waals surface area contributed by atoms with Gasteiger partial charge in [0.2, 0.25) is 0 Å². The summed E-state index contributed by atoms with van der Waals surface area (Å²) in [6.45, 7) is 7.13. The highest BCUT2D eigenvalue weighted by Gasteiger charge is 2.07. The van der Waals surface area contributed by atoms with Crippen LogP contribution in [0, 0.1) is 20.8 Å². The second-order valence-corrected chi connectivity index (χ2v) is 5.94. The normalized spacial score (nSPS) is 10.7. The maximum absolute atomic E-state index is 6.03. The van der Waals surface area contributed by atoms with Crippen molar-refractivity contribution in [1.29, 1.82) is 0 Å². The molecule has 0 amide bonds. The van der Waals surface area contributed by atoms with E-state index in [0.717, 1.165) is 22.5 Å². The molecule has 106 valence electrons. The third kappa shape index (κ3) is 3.41. The molecule has 0 saturated carbocycles. The maximum Gasteiger partial charge on any atom is 0.130 e. The van der Waals surface area contributed by atoms with Gasteiger partial charge in [0.1, 0.15) is 11.5 Å². The van der Waals surface area contributed by atoms with Crippen molar-refractivity contribution >= 4 is 15.9 Å². The standard InChI is InChI=1S/C17H20BrNO/c1-11-7-12(2)13(3)17(8-11)20-15-6-5-14(10-19-4)16(18)9-15/h5-9,19H,10H2,1-4H3. The fourth-order valence-electron chi connectivity index (χ4n) is 2.16. The van der Waals surface area contributed by atoms with Crippen molar-refractivity contribution in [2.45, 2.75) is 27.3 Å². The average Bonchev–Trinajstić information content (AvgIpc) is 2.39. The van der Waals surface area contributed by atoms with Crippen molar-refractivity contribution in [2.24, 2.45) is 0 Å². The van der Waals surface area contributed by atoms with E-state index in [1.807, 2.05) is 19.2 Å². The predicted octanol–water partition coefficient (Wildman–Crippen LogP) is 4.89. The van der Waals surface area contributed by atoms with Crippen LogP contribution in [0.25, 0.3) is 0 Å². The summed E-state index contributed by atoms with van der Waals surface area (Å²) < 4.78 is 7.10. The quantitative estimate of drug-likeness (QED) is 0.860. The summed E-state index contributed by atoms with van der Waals surface area (Å²) in [6.07, 6.45) is 0. The van der Waals surface area contributed by atoms with Crippen molar-refractivity contribution in [3.63, 3.8) is 0 Å².